The number of carbonyl (C=O) groups excluding carboxylic acids is 1. The maximum absolute atomic E-state index is 12.9. The van der Waals surface area contributed by atoms with Crippen LogP contribution >= 0.6 is 0 Å². The van der Waals surface area contributed by atoms with Crippen molar-refractivity contribution >= 4 is 21.8 Å². The summed E-state index contributed by atoms with van der Waals surface area (Å²) in [4.78, 5) is 12.8. The van der Waals surface area contributed by atoms with Crippen molar-refractivity contribution < 1.29 is 26.7 Å². The van der Waals surface area contributed by atoms with Gasteiger partial charge < -0.3 is 9.87 Å². The molecule has 7 nitrogen and oxygen atoms in total. The number of carbonyl (C=O) groups is 1. The number of pyridine rings is 1. The number of alkyl halides is 3. The summed E-state index contributed by atoms with van der Waals surface area (Å²) in [6.07, 6.45) is -1.84. The lowest BCUT2D eigenvalue weighted by Gasteiger charge is -2.10. The van der Waals surface area contributed by atoms with Gasteiger partial charge in [0, 0.05) is 18.3 Å². The highest BCUT2D eigenvalue weighted by atomic mass is 32.3. The molecule has 4 aromatic rings. The minimum atomic E-state index is -4.46. The molecule has 1 unspecified atom stereocenters. The summed E-state index contributed by atoms with van der Waals surface area (Å²) in [5.74, 6) is -0.0843. The number of hydrogen-bond donors (Lipinski definition) is 1. The quantitative estimate of drug-likeness (QED) is 0.442. The maximum Gasteiger partial charge on any atom is 0.416 e. The maximum atomic E-state index is 12.9. The number of sulfone groups is 1. The number of rotatable bonds is 5. The molecule has 0 spiro atoms. The summed E-state index contributed by atoms with van der Waals surface area (Å²) in [6, 6.07) is 13.9. The Morgan fingerprint density at radius 2 is 1.82 bits per heavy atom. The third kappa shape index (κ3) is 4.94. The molecule has 1 amide bonds. The van der Waals surface area contributed by atoms with Gasteiger partial charge in [0.25, 0.3) is 5.91 Å². The third-order valence-corrected chi connectivity index (χ3v) is 6.04. The number of halogens is 3. The zero-order valence-electron chi connectivity index (χ0n) is 17.2. The second-order valence-corrected chi connectivity index (χ2v) is 9.36. The van der Waals surface area contributed by atoms with Crippen LogP contribution < -0.4 is 5.32 Å². The molecule has 0 fully saturated rings. The highest BCUT2D eigenvalue weighted by Crippen LogP contribution is 2.29. The number of fused-ring (bicyclic) bond motifs is 1. The van der Waals surface area contributed by atoms with E-state index in [4.69, 9.17) is 0 Å². The molecule has 1 atom stereocenters. The number of nitrogens with zero attached hydrogens (tertiary/aromatic N) is 3. The van der Waals surface area contributed by atoms with Gasteiger partial charge in [-0.1, -0.05) is 12.1 Å². The van der Waals surface area contributed by atoms with Crippen molar-refractivity contribution in [2.75, 3.05) is 6.26 Å². The van der Waals surface area contributed by atoms with E-state index in [1.807, 2.05) is 0 Å². The van der Waals surface area contributed by atoms with E-state index in [1.54, 1.807) is 22.6 Å². The fourth-order valence-corrected chi connectivity index (χ4v) is 3.85. The molecule has 0 saturated heterocycles. The molecule has 1 N–H and O–H groups in total. The summed E-state index contributed by atoms with van der Waals surface area (Å²) in [5, 5.41) is 10.8. The average Bonchev–Trinajstić information content (AvgIpc) is 3.20. The van der Waals surface area contributed by atoms with Crippen LogP contribution in [-0.4, -0.2) is 31.3 Å². The van der Waals surface area contributed by atoms with E-state index < -0.39 is 27.9 Å². The molecule has 4 rings (SSSR count). The first-order chi connectivity index (χ1) is 15.5. The Hall–Kier alpha value is -3.57. The van der Waals surface area contributed by atoms with Gasteiger partial charge >= 0.3 is 6.18 Å². The van der Waals surface area contributed by atoms with Crippen LogP contribution in [0.25, 0.3) is 17.0 Å². The van der Waals surface area contributed by atoms with Crippen LogP contribution in [0, 0.1) is 0 Å². The minimum Gasteiger partial charge on any atom is -0.610 e. The summed E-state index contributed by atoms with van der Waals surface area (Å²) < 4.78 is 63.5. The van der Waals surface area contributed by atoms with Crippen LogP contribution in [0.3, 0.4) is 0 Å². The van der Waals surface area contributed by atoms with Crippen molar-refractivity contribution in [3.05, 3.63) is 83.6 Å². The second-order valence-electron chi connectivity index (χ2n) is 7.35. The van der Waals surface area contributed by atoms with Gasteiger partial charge in [-0.25, -0.2) is 0 Å². The Balaban J connectivity index is 1.56. The molecular weight excluding hydrogens is 457 g/mol. The molecule has 2 aromatic carbocycles. The predicted molar refractivity (Wildman–Crippen MR) is 114 cm³/mol. The van der Waals surface area contributed by atoms with Crippen LogP contribution in [-0.2, 0) is 27.1 Å². The largest absolute Gasteiger partial charge is 0.610 e. The number of benzene rings is 2. The number of aromatic nitrogens is 3. The normalized spacial score (nSPS) is 13.6. The van der Waals surface area contributed by atoms with Crippen LogP contribution in [0.5, 0.6) is 0 Å². The van der Waals surface area contributed by atoms with Crippen molar-refractivity contribution in [3.8, 4) is 11.4 Å². The molecule has 0 aliphatic carbocycles. The van der Waals surface area contributed by atoms with Gasteiger partial charge in [0.05, 0.1) is 21.3 Å². The van der Waals surface area contributed by atoms with Crippen molar-refractivity contribution in [1.29, 1.82) is 0 Å². The smallest absolute Gasteiger partial charge is 0.416 e. The SMILES string of the molecule is C[S+](=O)([O-])c1ccc(-c2nnc3ccc(C(=O)NCc4cccc(C(F)(F)F)c4)cn23)cc1. The van der Waals surface area contributed by atoms with Gasteiger partial charge in [-0.2, -0.15) is 13.2 Å². The highest BCUT2D eigenvalue weighted by molar-refractivity contribution is 7.97. The first kappa shape index (κ1) is 22.6. The summed E-state index contributed by atoms with van der Waals surface area (Å²) in [6.45, 7) is -0.0806. The third-order valence-electron chi connectivity index (χ3n) is 4.91. The number of hydrogen-bond acceptors (Lipinski definition) is 5. The van der Waals surface area contributed by atoms with Crippen LogP contribution in [0.1, 0.15) is 21.5 Å². The van der Waals surface area contributed by atoms with E-state index in [0.29, 0.717) is 22.6 Å². The summed E-state index contributed by atoms with van der Waals surface area (Å²) in [5.41, 5.74) is 0.841. The first-order valence-electron chi connectivity index (χ1n) is 9.62. The summed E-state index contributed by atoms with van der Waals surface area (Å²) >= 11 is 0. The van der Waals surface area contributed by atoms with Gasteiger partial charge in [-0.15, -0.1) is 14.4 Å². The molecule has 2 aromatic heterocycles. The van der Waals surface area contributed by atoms with Gasteiger partial charge in [0.2, 0.25) is 0 Å². The Morgan fingerprint density at radius 1 is 1.09 bits per heavy atom. The van der Waals surface area contributed by atoms with Crippen molar-refractivity contribution in [2.24, 2.45) is 0 Å². The molecule has 0 bridgehead atoms. The van der Waals surface area contributed by atoms with Crippen molar-refractivity contribution in [3.63, 3.8) is 0 Å². The second kappa shape index (κ2) is 8.41. The fourth-order valence-electron chi connectivity index (χ4n) is 3.22. The monoisotopic (exact) mass is 474 g/mol. The van der Waals surface area contributed by atoms with Gasteiger partial charge in [-0.3, -0.25) is 9.20 Å². The number of nitrogens with one attached hydrogen (secondary N) is 1. The lowest BCUT2D eigenvalue weighted by Crippen LogP contribution is -2.23. The zero-order valence-corrected chi connectivity index (χ0v) is 18.0. The first-order valence-corrected chi connectivity index (χ1v) is 11.5. The number of amides is 1. The Labute approximate surface area is 187 Å². The van der Waals surface area contributed by atoms with Gasteiger partial charge in [0.1, 0.15) is 6.26 Å². The van der Waals surface area contributed by atoms with E-state index >= 15 is 0 Å². The van der Waals surface area contributed by atoms with Crippen LogP contribution in [0.2, 0.25) is 0 Å². The lowest BCUT2D eigenvalue weighted by atomic mass is 10.1. The Morgan fingerprint density at radius 3 is 2.48 bits per heavy atom. The molecule has 0 aliphatic heterocycles. The van der Waals surface area contributed by atoms with Gasteiger partial charge in [0.15, 0.2) is 16.4 Å². The standard InChI is InChI=1S/C22H17F3N4O3S/c1-33(31,32)18-8-5-15(6-9-18)20-28-27-19-10-7-16(13-29(19)20)21(30)26-12-14-3-2-4-17(11-14)22(23,24)25/h2-11,13H,12H2,1H3,(H-,26,30,31,32). The average molecular weight is 474 g/mol. The van der Waals surface area contributed by atoms with Crippen LogP contribution in [0.15, 0.2) is 71.8 Å². The summed E-state index contributed by atoms with van der Waals surface area (Å²) in [7, 11) is -3.35. The van der Waals surface area contributed by atoms with Crippen molar-refractivity contribution in [2.45, 2.75) is 17.6 Å². The fraction of sp³-hybridized carbons (Fsp3) is 0.136. The molecule has 0 saturated carbocycles. The van der Waals surface area contributed by atoms with E-state index in [-0.39, 0.29) is 17.0 Å². The zero-order chi connectivity index (χ0) is 23.8. The van der Waals surface area contributed by atoms with Crippen molar-refractivity contribution in [1.82, 2.24) is 19.9 Å². The van der Waals surface area contributed by atoms with Gasteiger partial charge in [-0.05, 0) is 54.1 Å². The molecule has 0 radical (unpaired) electrons. The molecule has 2 heterocycles. The van der Waals surface area contributed by atoms with Crippen LogP contribution in [0.4, 0.5) is 13.2 Å². The Kier molecular flexibility index (Phi) is 5.76. The van der Waals surface area contributed by atoms with E-state index in [1.165, 1.54) is 36.5 Å². The van der Waals surface area contributed by atoms with E-state index in [0.717, 1.165) is 18.4 Å². The molecule has 170 valence electrons. The Bertz CT molecular complexity index is 1380. The molecule has 0 aliphatic rings. The molecule has 11 heteroatoms. The molecular formula is C22H17F3N4O3S. The minimum absolute atomic E-state index is 0.0806. The van der Waals surface area contributed by atoms with E-state index in [9.17, 15) is 26.7 Å². The van der Waals surface area contributed by atoms with E-state index in [2.05, 4.69) is 15.5 Å². The molecule has 33 heavy (non-hydrogen) atoms. The topological polar surface area (TPSA) is 99.4 Å². The highest BCUT2D eigenvalue weighted by Gasteiger charge is 2.30. The lowest BCUT2D eigenvalue weighted by molar-refractivity contribution is -0.137. The predicted octanol–water partition coefficient (Wildman–Crippen LogP) is 3.96.